The van der Waals surface area contributed by atoms with E-state index in [0.717, 1.165) is 36.9 Å². The first-order valence-corrected chi connectivity index (χ1v) is 6.75. The second-order valence-corrected chi connectivity index (χ2v) is 4.93. The van der Waals surface area contributed by atoms with E-state index in [1.165, 1.54) is 11.2 Å². The summed E-state index contributed by atoms with van der Waals surface area (Å²) in [6.45, 7) is -0.895. The third-order valence-electron chi connectivity index (χ3n) is 3.13. The van der Waals surface area contributed by atoms with Gasteiger partial charge in [0.2, 0.25) is 0 Å². The summed E-state index contributed by atoms with van der Waals surface area (Å²) in [5.41, 5.74) is 1.72. The molecule has 0 N–H and O–H groups in total. The first kappa shape index (κ1) is 14.4. The van der Waals surface area contributed by atoms with Crippen molar-refractivity contribution in [1.29, 1.82) is 0 Å². The van der Waals surface area contributed by atoms with Gasteiger partial charge in [0, 0.05) is 23.7 Å². The number of hydrogen-bond donors (Lipinski definition) is 0. The number of anilines is 1. The molecular formula is C12H15ClF3N3. The summed E-state index contributed by atoms with van der Waals surface area (Å²) in [6, 6.07) is 0. The fourth-order valence-corrected chi connectivity index (χ4v) is 2.56. The highest BCUT2D eigenvalue weighted by Gasteiger charge is 2.32. The number of aryl methyl sites for hydroxylation is 1. The molecule has 0 spiro atoms. The molecule has 19 heavy (non-hydrogen) atoms. The molecule has 0 radical (unpaired) electrons. The molecule has 0 bridgehead atoms. The lowest BCUT2D eigenvalue weighted by Gasteiger charge is -2.28. The van der Waals surface area contributed by atoms with Crippen LogP contribution in [0.2, 0.25) is 0 Å². The molecule has 1 aromatic heterocycles. The van der Waals surface area contributed by atoms with Crippen molar-refractivity contribution >= 4 is 17.4 Å². The Kier molecular flexibility index (Phi) is 4.50. The van der Waals surface area contributed by atoms with Gasteiger partial charge >= 0.3 is 6.18 Å². The van der Waals surface area contributed by atoms with Crippen molar-refractivity contribution in [1.82, 2.24) is 9.97 Å². The molecule has 0 aromatic carbocycles. The van der Waals surface area contributed by atoms with Gasteiger partial charge in [-0.3, -0.25) is 0 Å². The molecule has 1 heterocycles. The van der Waals surface area contributed by atoms with Crippen LogP contribution in [0.3, 0.4) is 0 Å². The van der Waals surface area contributed by atoms with Crippen molar-refractivity contribution in [3.8, 4) is 0 Å². The Bertz CT molecular complexity index is 437. The molecule has 0 saturated heterocycles. The van der Waals surface area contributed by atoms with Gasteiger partial charge in [-0.15, -0.1) is 11.6 Å². The Labute approximate surface area is 114 Å². The molecular weight excluding hydrogens is 279 g/mol. The number of aromatic nitrogens is 2. The van der Waals surface area contributed by atoms with E-state index < -0.39 is 12.7 Å². The average Bonchev–Trinajstić information content (AvgIpc) is 2.36. The molecule has 0 aliphatic heterocycles. The van der Waals surface area contributed by atoms with Gasteiger partial charge < -0.3 is 4.90 Å². The van der Waals surface area contributed by atoms with Gasteiger partial charge in [-0.2, -0.15) is 13.2 Å². The zero-order valence-electron chi connectivity index (χ0n) is 10.4. The van der Waals surface area contributed by atoms with Crippen LogP contribution in [0.25, 0.3) is 0 Å². The topological polar surface area (TPSA) is 29.0 Å². The summed E-state index contributed by atoms with van der Waals surface area (Å²) >= 11 is 5.61. The number of fused-ring (bicyclic) bond motifs is 1. The summed E-state index contributed by atoms with van der Waals surface area (Å²) in [6.07, 6.45) is 0.621. The first-order chi connectivity index (χ1) is 9.01. The fraction of sp³-hybridized carbons (Fsp3) is 0.667. The Hall–Kier alpha value is -1.04. The highest BCUT2D eigenvalue weighted by Crippen LogP contribution is 2.29. The number of nitrogens with zero attached hydrogens (tertiary/aromatic N) is 3. The van der Waals surface area contributed by atoms with Crippen LogP contribution >= 0.6 is 11.6 Å². The smallest absolute Gasteiger partial charge is 0.346 e. The van der Waals surface area contributed by atoms with Crippen LogP contribution in [-0.4, -0.2) is 35.1 Å². The third kappa shape index (κ3) is 3.72. The largest absolute Gasteiger partial charge is 0.405 e. The summed E-state index contributed by atoms with van der Waals surface area (Å²) in [7, 11) is 0. The quantitative estimate of drug-likeness (QED) is 0.799. The number of hydrogen-bond acceptors (Lipinski definition) is 3. The van der Waals surface area contributed by atoms with E-state index in [1.54, 1.807) is 0 Å². The molecule has 0 fully saturated rings. The molecule has 7 heteroatoms. The summed E-state index contributed by atoms with van der Waals surface area (Å²) in [5.74, 6) is 0.525. The predicted molar refractivity (Wildman–Crippen MR) is 67.7 cm³/mol. The van der Waals surface area contributed by atoms with Crippen molar-refractivity contribution in [2.24, 2.45) is 0 Å². The Morgan fingerprint density at radius 1 is 1.21 bits per heavy atom. The van der Waals surface area contributed by atoms with Gasteiger partial charge in [-0.1, -0.05) is 0 Å². The second kappa shape index (κ2) is 5.94. The van der Waals surface area contributed by atoms with Crippen LogP contribution in [0.15, 0.2) is 6.33 Å². The maximum Gasteiger partial charge on any atom is 0.405 e. The van der Waals surface area contributed by atoms with E-state index in [0.29, 0.717) is 5.82 Å². The molecule has 0 amide bonds. The second-order valence-electron chi connectivity index (χ2n) is 4.56. The Morgan fingerprint density at radius 2 is 1.95 bits per heavy atom. The lowest BCUT2D eigenvalue weighted by Crippen LogP contribution is -2.37. The molecule has 0 saturated carbocycles. The van der Waals surface area contributed by atoms with E-state index >= 15 is 0 Å². The van der Waals surface area contributed by atoms with Crippen molar-refractivity contribution in [2.75, 3.05) is 23.9 Å². The van der Waals surface area contributed by atoms with Gasteiger partial charge in [-0.25, -0.2) is 9.97 Å². The van der Waals surface area contributed by atoms with Gasteiger partial charge in [-0.05, 0) is 25.7 Å². The van der Waals surface area contributed by atoms with Crippen molar-refractivity contribution in [2.45, 2.75) is 31.9 Å². The van der Waals surface area contributed by atoms with Crippen LogP contribution < -0.4 is 4.90 Å². The van der Waals surface area contributed by atoms with Crippen molar-refractivity contribution in [3.63, 3.8) is 0 Å². The zero-order valence-corrected chi connectivity index (χ0v) is 11.1. The molecule has 106 valence electrons. The number of rotatable bonds is 4. The maximum absolute atomic E-state index is 12.6. The zero-order chi connectivity index (χ0) is 13.9. The van der Waals surface area contributed by atoms with Crippen molar-refractivity contribution < 1.29 is 13.2 Å². The molecule has 3 nitrogen and oxygen atoms in total. The minimum absolute atomic E-state index is 0.129. The SMILES string of the molecule is FC(F)(F)CN(CCCl)c1ncnc2c1CCCC2. The van der Waals surface area contributed by atoms with Gasteiger partial charge in [0.1, 0.15) is 18.7 Å². The summed E-state index contributed by atoms with van der Waals surface area (Å²) < 4.78 is 37.9. The minimum Gasteiger partial charge on any atom is -0.346 e. The molecule has 2 rings (SSSR count). The molecule has 1 aliphatic carbocycles. The molecule has 0 atom stereocenters. The summed E-state index contributed by atoms with van der Waals surface area (Å²) in [5, 5.41) is 0. The van der Waals surface area contributed by atoms with Gasteiger partial charge in [0.05, 0.1) is 0 Å². The Balaban J connectivity index is 2.30. The maximum atomic E-state index is 12.6. The van der Waals surface area contributed by atoms with E-state index in [1.807, 2.05) is 0 Å². The fourth-order valence-electron chi connectivity index (χ4n) is 2.35. The number of alkyl halides is 4. The minimum atomic E-state index is -4.27. The Morgan fingerprint density at radius 3 is 2.63 bits per heavy atom. The van der Waals surface area contributed by atoms with Crippen LogP contribution in [0.5, 0.6) is 0 Å². The third-order valence-corrected chi connectivity index (χ3v) is 3.30. The van der Waals surface area contributed by atoms with Crippen LogP contribution in [-0.2, 0) is 12.8 Å². The highest BCUT2D eigenvalue weighted by atomic mass is 35.5. The monoisotopic (exact) mass is 293 g/mol. The highest BCUT2D eigenvalue weighted by molar-refractivity contribution is 6.18. The normalized spacial score (nSPS) is 15.2. The first-order valence-electron chi connectivity index (χ1n) is 6.21. The van der Waals surface area contributed by atoms with E-state index in [4.69, 9.17) is 11.6 Å². The van der Waals surface area contributed by atoms with Gasteiger partial charge in [0.15, 0.2) is 0 Å². The van der Waals surface area contributed by atoms with E-state index in [-0.39, 0.29) is 12.4 Å². The number of halogens is 4. The van der Waals surface area contributed by atoms with Crippen LogP contribution in [0, 0.1) is 0 Å². The van der Waals surface area contributed by atoms with Crippen molar-refractivity contribution in [3.05, 3.63) is 17.6 Å². The van der Waals surface area contributed by atoms with Crippen LogP contribution in [0.1, 0.15) is 24.1 Å². The molecule has 0 unspecified atom stereocenters. The van der Waals surface area contributed by atoms with Gasteiger partial charge in [0.25, 0.3) is 0 Å². The predicted octanol–water partition coefficient (Wildman–Crippen LogP) is 2.96. The lowest BCUT2D eigenvalue weighted by atomic mass is 9.96. The molecule has 1 aliphatic rings. The average molecular weight is 294 g/mol. The van der Waals surface area contributed by atoms with E-state index in [9.17, 15) is 13.2 Å². The van der Waals surface area contributed by atoms with Crippen LogP contribution in [0.4, 0.5) is 19.0 Å². The van der Waals surface area contributed by atoms with E-state index in [2.05, 4.69) is 9.97 Å². The standard InChI is InChI=1S/C12H15ClF3N3/c13-5-6-19(7-12(14,15)16)11-9-3-1-2-4-10(9)17-8-18-11/h8H,1-7H2. The molecule has 1 aromatic rings. The lowest BCUT2D eigenvalue weighted by molar-refractivity contribution is -0.119. The summed E-state index contributed by atoms with van der Waals surface area (Å²) in [4.78, 5) is 9.43.